The van der Waals surface area contributed by atoms with E-state index in [9.17, 15) is 19.2 Å². The lowest BCUT2D eigenvalue weighted by atomic mass is 10.2. The lowest BCUT2D eigenvalue weighted by Crippen LogP contribution is -2.48. The van der Waals surface area contributed by atoms with Gasteiger partial charge in [0.05, 0.1) is 16.8 Å². The Kier molecular flexibility index (Phi) is 8.19. The van der Waals surface area contributed by atoms with E-state index in [2.05, 4.69) is 10.6 Å². The highest BCUT2D eigenvalue weighted by Gasteiger charge is 2.25. The van der Waals surface area contributed by atoms with Gasteiger partial charge in [-0.05, 0) is 10.9 Å². The Morgan fingerprint density at radius 3 is 2.06 bits per heavy atom. The fourth-order valence-electron chi connectivity index (χ4n) is 2.78. The van der Waals surface area contributed by atoms with Gasteiger partial charge in [0.15, 0.2) is 11.5 Å². The van der Waals surface area contributed by atoms with Gasteiger partial charge in [-0.3, -0.25) is 19.2 Å². The molecule has 2 N–H and O–H groups in total. The molecule has 0 saturated carbocycles. The minimum atomic E-state index is -2.39. The Morgan fingerprint density at radius 1 is 0.935 bits per heavy atom. The van der Waals surface area contributed by atoms with Crippen LogP contribution in [0.3, 0.4) is 0 Å². The van der Waals surface area contributed by atoms with Crippen LogP contribution in [0.5, 0.6) is 0 Å². The number of Topliss-reactive ketones (excluding diaryl/α,β-unsaturated/α-hetero) is 2. The van der Waals surface area contributed by atoms with E-state index in [4.69, 9.17) is 4.11 Å². The molecule has 2 atom stereocenters. The molecule has 31 heavy (non-hydrogen) atoms. The van der Waals surface area contributed by atoms with Crippen molar-refractivity contribution in [2.45, 2.75) is 25.8 Å². The fraction of sp³-hybridized carbons (Fsp3) is 0.333. The highest BCUT2D eigenvalue weighted by molar-refractivity contribution is 7.96. The van der Waals surface area contributed by atoms with E-state index >= 15 is 0 Å². The van der Waals surface area contributed by atoms with Crippen LogP contribution < -0.4 is 10.6 Å². The predicted molar refractivity (Wildman–Crippen MR) is 124 cm³/mol. The second kappa shape index (κ2) is 12.7. The van der Waals surface area contributed by atoms with Crippen LogP contribution in [0.1, 0.15) is 44.6 Å². The lowest BCUT2D eigenvalue weighted by Gasteiger charge is -2.17. The molecule has 0 saturated heterocycles. The second-order valence-electron chi connectivity index (χ2n) is 6.90. The molecular formula is C24H29N2O4S+. The summed E-state index contributed by atoms with van der Waals surface area (Å²) in [5.74, 6) is -1.65. The number of hydrogen-bond donors (Lipinski definition) is 2. The van der Waals surface area contributed by atoms with Crippen LogP contribution in [0.2, 0.25) is 0 Å². The highest BCUT2D eigenvalue weighted by atomic mass is 32.2. The van der Waals surface area contributed by atoms with Crippen molar-refractivity contribution in [2.24, 2.45) is 0 Å². The Labute approximate surface area is 190 Å². The summed E-state index contributed by atoms with van der Waals surface area (Å²) in [6.45, 7) is 1.38. The Bertz CT molecular complexity index is 985. The van der Waals surface area contributed by atoms with Gasteiger partial charge in [-0.15, -0.1) is 0 Å². The van der Waals surface area contributed by atoms with Crippen molar-refractivity contribution in [1.82, 2.24) is 10.6 Å². The summed E-state index contributed by atoms with van der Waals surface area (Å²) in [5, 5.41) is 5.13. The van der Waals surface area contributed by atoms with Gasteiger partial charge in [0.2, 0.25) is 17.6 Å². The van der Waals surface area contributed by atoms with Gasteiger partial charge in [-0.1, -0.05) is 67.6 Å². The van der Waals surface area contributed by atoms with E-state index in [1.807, 2.05) is 0 Å². The molecule has 0 aliphatic rings. The average molecular weight is 452 g/mol. The predicted octanol–water partition coefficient (Wildman–Crippen LogP) is 2.40. The molecule has 2 aromatic rings. The molecule has 0 radical (unpaired) electrons. The summed E-state index contributed by atoms with van der Waals surface area (Å²) in [7, 11) is -1.32. The number of nitrogens with one attached hydrogen (secondary N) is 2. The van der Waals surface area contributed by atoms with E-state index in [0.717, 1.165) is 0 Å². The number of hydrogen-bond acceptors (Lipinski definition) is 4. The maximum atomic E-state index is 12.8. The number of rotatable bonds is 12. The van der Waals surface area contributed by atoms with Gasteiger partial charge < -0.3 is 10.6 Å². The molecule has 0 aliphatic heterocycles. The molecular weight excluding hydrogens is 419 g/mol. The summed E-state index contributed by atoms with van der Waals surface area (Å²) >= 11 is 0. The van der Waals surface area contributed by atoms with Crippen molar-refractivity contribution in [2.75, 3.05) is 24.2 Å². The van der Waals surface area contributed by atoms with Crippen LogP contribution >= 0.6 is 0 Å². The fourth-order valence-corrected chi connectivity index (χ4v) is 3.93. The van der Waals surface area contributed by atoms with Crippen LogP contribution in [0.4, 0.5) is 0 Å². The molecule has 0 heterocycles. The zero-order valence-corrected chi connectivity index (χ0v) is 18.2. The van der Waals surface area contributed by atoms with Gasteiger partial charge in [0, 0.05) is 24.0 Å². The normalized spacial score (nSPS) is 14.3. The van der Waals surface area contributed by atoms with Crippen LogP contribution in [0.25, 0.3) is 0 Å². The standard InChI is InChI=1S/C24H28N2O4S/c1-3-23(29)26-20(24(30)25-16-21(27)18-10-6-4-7-11-18)14-15-31(2)17-22(28)19-12-8-5-9-13-19/h4-13,20H,3,14-17H2,1-2H3,(H-,25,26,29,30)/p+1/i2D3,3+1,16+1,17+1,18+1,21+1,22+1,23+1. The zero-order chi connectivity index (χ0) is 25.1. The first-order chi connectivity index (χ1) is 16.1. The first kappa shape index (κ1) is 20.0. The smallest absolute Gasteiger partial charge is 0.243 e. The van der Waals surface area contributed by atoms with Crippen LogP contribution in [0.15, 0.2) is 60.7 Å². The third kappa shape index (κ3) is 8.38. The second-order valence-corrected chi connectivity index (χ2v) is 8.58. The number of carbonyl (C=O) groups is 4. The average Bonchev–Trinajstić information content (AvgIpc) is 2.83. The molecule has 2 amide bonds. The van der Waals surface area contributed by atoms with E-state index in [-0.39, 0.29) is 48.4 Å². The summed E-state index contributed by atoms with van der Waals surface area (Å²) in [6.07, 6.45) is -2.21. The van der Waals surface area contributed by atoms with Gasteiger partial charge in [-0.25, -0.2) is 0 Å². The Balaban J connectivity index is 2.05. The first-order valence-corrected chi connectivity index (χ1v) is 11.6. The Hall–Kier alpha value is -2.93. The third-order valence-electron chi connectivity index (χ3n) is 4.55. The topological polar surface area (TPSA) is 92.3 Å². The SMILES string of the molecule is [2H]C([2H])([2H])[S+](CCC(N[13C](=O)[13CH2]C)C(=O)N[13CH2][13C](=O)[13c]1ccccc1)[13CH2][13C](=O)c1ccccc1. The van der Waals surface area contributed by atoms with Gasteiger partial charge in [0.1, 0.15) is 11.8 Å². The van der Waals surface area contributed by atoms with E-state index in [1.165, 1.54) is 0 Å². The molecule has 0 spiro atoms. The number of carbonyl (C=O) groups excluding carboxylic acids is 4. The highest BCUT2D eigenvalue weighted by Crippen LogP contribution is 2.07. The summed E-state index contributed by atoms with van der Waals surface area (Å²) in [6, 6.07) is 15.9. The van der Waals surface area contributed by atoms with Crippen molar-refractivity contribution < 1.29 is 23.3 Å². The molecule has 0 aliphatic carbocycles. The van der Waals surface area contributed by atoms with Crippen molar-refractivity contribution in [3.63, 3.8) is 0 Å². The quantitative estimate of drug-likeness (QED) is 0.295. The molecule has 0 bridgehead atoms. The molecule has 0 aromatic heterocycles. The van der Waals surface area contributed by atoms with Crippen molar-refractivity contribution >= 4 is 34.3 Å². The van der Waals surface area contributed by atoms with Crippen molar-refractivity contribution in [3.8, 4) is 0 Å². The minimum Gasteiger partial charge on any atom is -0.347 e. The third-order valence-corrected chi connectivity index (χ3v) is 5.88. The molecule has 6 nitrogen and oxygen atoms in total. The summed E-state index contributed by atoms with van der Waals surface area (Å²) < 4.78 is 23.6. The Morgan fingerprint density at radius 2 is 1.52 bits per heavy atom. The molecule has 164 valence electrons. The van der Waals surface area contributed by atoms with Crippen LogP contribution in [-0.2, 0) is 20.5 Å². The van der Waals surface area contributed by atoms with Gasteiger partial charge in [-0.2, -0.15) is 0 Å². The molecule has 2 unspecified atom stereocenters. The van der Waals surface area contributed by atoms with Gasteiger partial charge >= 0.3 is 0 Å². The van der Waals surface area contributed by atoms with Crippen molar-refractivity contribution in [1.29, 1.82) is 0 Å². The van der Waals surface area contributed by atoms with E-state index < -0.39 is 29.0 Å². The largest absolute Gasteiger partial charge is 0.347 e. The van der Waals surface area contributed by atoms with Crippen LogP contribution in [0, 0.1) is 0 Å². The molecule has 2 aromatic carbocycles. The summed E-state index contributed by atoms with van der Waals surface area (Å²) in [4.78, 5) is 49.6. The number of amides is 2. The zero-order valence-electron chi connectivity index (χ0n) is 20.4. The van der Waals surface area contributed by atoms with Crippen LogP contribution in [-0.4, -0.2) is 53.7 Å². The first-order valence-electron chi connectivity index (χ1n) is 11.5. The maximum Gasteiger partial charge on any atom is 0.243 e. The van der Waals surface area contributed by atoms with E-state index in [0.29, 0.717) is 11.1 Å². The molecule has 7 heteroatoms. The lowest BCUT2D eigenvalue weighted by molar-refractivity contribution is -0.128. The van der Waals surface area contributed by atoms with E-state index in [1.54, 1.807) is 67.6 Å². The monoisotopic (exact) mass is 451 g/mol. The minimum absolute atomic E-state index is 0.0284. The van der Waals surface area contributed by atoms with Gasteiger partial charge in [0.25, 0.3) is 0 Å². The maximum absolute atomic E-state index is 12.8. The summed E-state index contributed by atoms with van der Waals surface area (Å²) in [5.41, 5.74) is 0.873. The van der Waals surface area contributed by atoms with Crippen molar-refractivity contribution in [3.05, 3.63) is 71.8 Å². The molecule has 0 fully saturated rings. The number of ketones is 2. The number of benzene rings is 2. The molecule has 2 rings (SSSR count).